The fourth-order valence-electron chi connectivity index (χ4n) is 4.99. The highest BCUT2D eigenvalue weighted by Crippen LogP contribution is 2.35. The van der Waals surface area contributed by atoms with Crippen molar-refractivity contribution in [2.45, 2.75) is 49.9 Å². The minimum Gasteiger partial charge on any atom is -0.345 e. The van der Waals surface area contributed by atoms with E-state index in [-0.39, 0.29) is 29.9 Å². The van der Waals surface area contributed by atoms with Gasteiger partial charge in [-0.1, -0.05) is 49.2 Å². The number of aromatic amines is 1. The van der Waals surface area contributed by atoms with Gasteiger partial charge in [-0.2, -0.15) is 13.2 Å². The third-order valence-corrected chi connectivity index (χ3v) is 6.81. The van der Waals surface area contributed by atoms with Crippen molar-refractivity contribution < 1.29 is 27.6 Å². The Balaban J connectivity index is 1.34. The van der Waals surface area contributed by atoms with Crippen molar-refractivity contribution in [1.29, 1.82) is 0 Å². The zero-order chi connectivity index (χ0) is 25.5. The van der Waals surface area contributed by atoms with E-state index in [0.29, 0.717) is 18.4 Å². The van der Waals surface area contributed by atoms with Gasteiger partial charge in [-0.3, -0.25) is 14.5 Å². The summed E-state index contributed by atoms with van der Waals surface area (Å²) >= 11 is 0. The number of hydrogen-bond donors (Lipinski definition) is 3. The van der Waals surface area contributed by atoms with Gasteiger partial charge in [-0.25, -0.2) is 9.78 Å². The summed E-state index contributed by atoms with van der Waals surface area (Å²) in [5.74, 6) is -1.79. The maximum Gasteiger partial charge on any atom is 0.449 e. The molecule has 1 saturated heterocycles. The molecule has 1 saturated carbocycles. The molecule has 2 heterocycles. The Bertz CT molecular complexity index is 1320. The highest BCUT2D eigenvalue weighted by atomic mass is 19.4. The Labute approximate surface area is 204 Å². The Morgan fingerprint density at radius 3 is 2.50 bits per heavy atom. The summed E-state index contributed by atoms with van der Waals surface area (Å²) in [4.78, 5) is 45.1. The smallest absolute Gasteiger partial charge is 0.345 e. The van der Waals surface area contributed by atoms with Crippen molar-refractivity contribution >= 4 is 28.9 Å². The van der Waals surface area contributed by atoms with Crippen molar-refractivity contribution in [3.63, 3.8) is 0 Å². The van der Waals surface area contributed by atoms with Gasteiger partial charge >= 0.3 is 12.2 Å². The number of alkyl halides is 3. The number of fused-ring (bicyclic) bond motifs is 1. The minimum atomic E-state index is -4.61. The summed E-state index contributed by atoms with van der Waals surface area (Å²) in [7, 11) is 0. The van der Waals surface area contributed by atoms with Gasteiger partial charge in [0, 0.05) is 13.0 Å². The Morgan fingerprint density at radius 1 is 1.08 bits per heavy atom. The molecule has 8 nitrogen and oxygen atoms in total. The summed E-state index contributed by atoms with van der Waals surface area (Å²) in [5, 5.41) is 5.69. The van der Waals surface area contributed by atoms with Gasteiger partial charge in [0.25, 0.3) is 5.91 Å². The van der Waals surface area contributed by atoms with Crippen LogP contribution in [0.2, 0.25) is 0 Å². The number of nitrogens with one attached hydrogen (secondary N) is 3. The second kappa shape index (κ2) is 8.96. The molecule has 2 fully saturated rings. The molecule has 1 aliphatic heterocycles. The van der Waals surface area contributed by atoms with Gasteiger partial charge in [0.2, 0.25) is 11.7 Å². The summed E-state index contributed by atoms with van der Waals surface area (Å²) in [6.07, 6.45) is -1.79. The lowest BCUT2D eigenvalue weighted by Gasteiger charge is -2.22. The Hall–Kier alpha value is -3.89. The number of imidazole rings is 1. The molecule has 1 aromatic heterocycles. The fraction of sp³-hybridized carbons (Fsp3) is 0.360. The van der Waals surface area contributed by atoms with Crippen LogP contribution >= 0.6 is 0 Å². The number of hydrogen-bond acceptors (Lipinski definition) is 4. The largest absolute Gasteiger partial charge is 0.449 e. The van der Waals surface area contributed by atoms with Crippen LogP contribution in [0.4, 0.5) is 18.0 Å². The van der Waals surface area contributed by atoms with Crippen LogP contribution in [0.5, 0.6) is 0 Å². The molecule has 5 rings (SSSR count). The number of benzene rings is 2. The molecule has 1 unspecified atom stereocenters. The van der Waals surface area contributed by atoms with Gasteiger partial charge in [0.15, 0.2) is 0 Å². The summed E-state index contributed by atoms with van der Waals surface area (Å²) in [6, 6.07) is 12.4. The van der Waals surface area contributed by atoms with Crippen molar-refractivity contribution in [1.82, 2.24) is 25.5 Å². The molecule has 0 radical (unpaired) electrons. The zero-order valence-electron chi connectivity index (χ0n) is 19.2. The molecule has 1 spiro atoms. The van der Waals surface area contributed by atoms with Gasteiger partial charge in [-0.15, -0.1) is 0 Å². The van der Waals surface area contributed by atoms with Crippen LogP contribution in [0.15, 0.2) is 48.5 Å². The molecule has 188 valence electrons. The first-order valence-electron chi connectivity index (χ1n) is 11.7. The first-order valence-corrected chi connectivity index (χ1v) is 11.7. The molecule has 0 bridgehead atoms. The Kier molecular flexibility index (Phi) is 5.93. The number of imide groups is 1. The van der Waals surface area contributed by atoms with Crippen LogP contribution in [-0.4, -0.2) is 44.8 Å². The van der Waals surface area contributed by atoms with Gasteiger partial charge < -0.3 is 15.6 Å². The summed E-state index contributed by atoms with van der Waals surface area (Å²) < 4.78 is 39.2. The van der Waals surface area contributed by atoms with Crippen LogP contribution in [0.3, 0.4) is 0 Å². The lowest BCUT2D eigenvalue weighted by Crippen LogP contribution is -2.44. The number of carbonyl (C=O) groups is 3. The van der Waals surface area contributed by atoms with E-state index in [4.69, 9.17) is 0 Å². The van der Waals surface area contributed by atoms with E-state index < -0.39 is 35.5 Å². The van der Waals surface area contributed by atoms with Gasteiger partial charge in [0.1, 0.15) is 5.54 Å². The number of aromatic nitrogens is 2. The third-order valence-electron chi connectivity index (χ3n) is 6.81. The van der Waals surface area contributed by atoms with Crippen LogP contribution in [0, 0.1) is 0 Å². The summed E-state index contributed by atoms with van der Waals surface area (Å²) in [6.45, 7) is -0.0612. The van der Waals surface area contributed by atoms with Crippen molar-refractivity contribution in [3.05, 3.63) is 65.5 Å². The lowest BCUT2D eigenvalue weighted by molar-refractivity contribution is -0.144. The molecule has 4 amide bonds. The average Bonchev–Trinajstić information content (AvgIpc) is 3.55. The number of halogens is 3. The van der Waals surface area contributed by atoms with E-state index in [0.717, 1.165) is 23.3 Å². The van der Waals surface area contributed by atoms with Gasteiger partial charge in [-0.05, 0) is 36.1 Å². The highest BCUT2D eigenvalue weighted by molar-refractivity contribution is 6.07. The number of H-pyrrole nitrogens is 1. The van der Waals surface area contributed by atoms with E-state index in [1.54, 1.807) is 30.3 Å². The standard InChI is InChI=1S/C25H24F3N5O3/c26-25(27,28)21-29-17-9-8-16(14-18(17)30-21)20(15-6-2-1-3-7-15)31-19(34)10-13-33-22(35)24(32-23(33)36)11-4-5-12-24/h1-3,6-9,14,20H,4-5,10-13H2,(H,29,30)(H,31,34)(H,32,36). The van der Waals surface area contributed by atoms with E-state index in [1.165, 1.54) is 12.1 Å². The second-order valence-electron chi connectivity index (χ2n) is 9.20. The number of amides is 4. The molecule has 2 aliphatic rings. The maximum absolute atomic E-state index is 13.1. The van der Waals surface area contributed by atoms with E-state index >= 15 is 0 Å². The quantitative estimate of drug-likeness (QED) is 0.445. The molecule has 3 aromatic rings. The maximum atomic E-state index is 13.1. The normalized spacial score (nSPS) is 18.1. The van der Waals surface area contributed by atoms with Crippen molar-refractivity contribution in [2.24, 2.45) is 0 Å². The van der Waals surface area contributed by atoms with Crippen molar-refractivity contribution in [2.75, 3.05) is 6.54 Å². The molecule has 11 heteroatoms. The number of rotatable bonds is 6. The van der Waals surface area contributed by atoms with E-state index in [2.05, 4.69) is 20.6 Å². The van der Waals surface area contributed by atoms with E-state index in [9.17, 15) is 27.6 Å². The fourth-order valence-corrected chi connectivity index (χ4v) is 4.99. The predicted octanol–water partition coefficient (Wildman–Crippen LogP) is 4.04. The number of carbonyl (C=O) groups excluding carboxylic acids is 3. The minimum absolute atomic E-state index is 0.0612. The predicted molar refractivity (Wildman–Crippen MR) is 124 cm³/mol. The topological polar surface area (TPSA) is 107 Å². The molecule has 36 heavy (non-hydrogen) atoms. The molecule has 3 N–H and O–H groups in total. The second-order valence-corrected chi connectivity index (χ2v) is 9.20. The van der Waals surface area contributed by atoms with Crippen molar-refractivity contribution in [3.8, 4) is 0 Å². The molecule has 1 atom stereocenters. The average molecular weight is 499 g/mol. The van der Waals surface area contributed by atoms with Crippen LogP contribution in [0.1, 0.15) is 55.1 Å². The Morgan fingerprint density at radius 2 is 1.81 bits per heavy atom. The lowest BCUT2D eigenvalue weighted by atomic mass is 9.97. The summed E-state index contributed by atoms with van der Waals surface area (Å²) in [5.41, 5.74) is 0.786. The molecular formula is C25H24F3N5O3. The zero-order valence-corrected chi connectivity index (χ0v) is 19.2. The molecule has 2 aromatic carbocycles. The van der Waals surface area contributed by atoms with Crippen LogP contribution < -0.4 is 10.6 Å². The first-order chi connectivity index (χ1) is 17.2. The number of nitrogens with zero attached hydrogens (tertiary/aromatic N) is 2. The molecular weight excluding hydrogens is 475 g/mol. The van der Waals surface area contributed by atoms with Crippen LogP contribution in [-0.2, 0) is 15.8 Å². The molecule has 1 aliphatic carbocycles. The highest BCUT2D eigenvalue weighted by Gasteiger charge is 2.52. The van der Waals surface area contributed by atoms with Crippen LogP contribution in [0.25, 0.3) is 11.0 Å². The van der Waals surface area contributed by atoms with Gasteiger partial charge in [0.05, 0.1) is 17.1 Å². The number of urea groups is 1. The third kappa shape index (κ3) is 4.40. The monoisotopic (exact) mass is 499 g/mol. The SMILES string of the molecule is O=C(CCN1C(=O)NC2(CCCC2)C1=O)NC(c1ccccc1)c1ccc2nc(C(F)(F)F)[nH]c2c1. The van der Waals surface area contributed by atoms with E-state index in [1.807, 2.05) is 6.07 Å². The first kappa shape index (κ1) is 23.8.